The van der Waals surface area contributed by atoms with Crippen LogP contribution in [-0.4, -0.2) is 26.4 Å². The van der Waals surface area contributed by atoms with Crippen LogP contribution in [0.3, 0.4) is 0 Å². The molecule has 6 heteroatoms. The van der Waals surface area contributed by atoms with Gasteiger partial charge in [0.25, 0.3) is 0 Å². The van der Waals surface area contributed by atoms with Crippen molar-refractivity contribution >= 4 is 17.3 Å². The second-order valence-corrected chi connectivity index (χ2v) is 4.76. The fourth-order valence-electron chi connectivity index (χ4n) is 0.871. The fourth-order valence-corrected chi connectivity index (χ4v) is 1.52. The molecule has 1 aliphatic rings. The van der Waals surface area contributed by atoms with Crippen LogP contribution in [-0.2, 0) is 20.2 Å². The molecule has 1 heterocycles. The summed E-state index contributed by atoms with van der Waals surface area (Å²) in [5.41, 5.74) is -1.06. The minimum atomic E-state index is -2.08. The summed E-state index contributed by atoms with van der Waals surface area (Å²) < 4.78 is 29.9. The topological polar surface area (TPSA) is 55.8 Å². The third-order valence-corrected chi connectivity index (χ3v) is 2.92. The van der Waals surface area contributed by atoms with Crippen molar-refractivity contribution in [3.63, 3.8) is 0 Å². The maximum atomic E-state index is 10.6. The molecule has 1 saturated heterocycles. The van der Waals surface area contributed by atoms with Crippen LogP contribution in [0.2, 0.25) is 0 Å². The minimum absolute atomic E-state index is 0.532. The van der Waals surface area contributed by atoms with E-state index in [1.165, 1.54) is 0 Å². The first-order valence-electron chi connectivity index (χ1n) is 3.71. The molecule has 0 aromatic heterocycles. The molecule has 1 rings (SSSR count). The van der Waals surface area contributed by atoms with Gasteiger partial charge in [0.1, 0.15) is 0 Å². The third kappa shape index (κ3) is 1.57. The van der Waals surface area contributed by atoms with Gasteiger partial charge in [-0.05, 0) is 27.7 Å². The van der Waals surface area contributed by atoms with Crippen LogP contribution in [0.1, 0.15) is 27.7 Å². The van der Waals surface area contributed by atoms with E-state index < -0.39 is 28.5 Å². The molecule has 0 aliphatic carbocycles. The van der Waals surface area contributed by atoms with Gasteiger partial charge in [-0.3, -0.25) is 0 Å². The summed E-state index contributed by atoms with van der Waals surface area (Å²) in [6, 6.07) is 0. The number of hydrogen-bond donors (Lipinski definition) is 1. The van der Waals surface area contributed by atoms with Crippen molar-refractivity contribution in [2.75, 3.05) is 0 Å². The van der Waals surface area contributed by atoms with Gasteiger partial charge >= 0.3 is 6.40 Å². The highest BCUT2D eigenvalue weighted by molar-refractivity contribution is 8.07. The van der Waals surface area contributed by atoms with E-state index in [4.69, 9.17) is 13.9 Å². The Morgan fingerprint density at radius 3 is 1.67 bits per heavy atom. The Labute approximate surface area is 75.0 Å². The van der Waals surface area contributed by atoms with Gasteiger partial charge in [-0.15, -0.1) is 0 Å². The molecule has 0 bridgehead atoms. The van der Waals surface area contributed by atoms with Gasteiger partial charge in [0, 0.05) is 0 Å². The van der Waals surface area contributed by atoms with Gasteiger partial charge in [-0.25, -0.2) is 4.21 Å². The molecule has 1 N–H and O–H groups in total. The van der Waals surface area contributed by atoms with Crippen LogP contribution in [0.25, 0.3) is 0 Å². The van der Waals surface area contributed by atoms with Gasteiger partial charge in [0.05, 0.1) is 11.2 Å². The lowest BCUT2D eigenvalue weighted by Gasteiger charge is -2.32. The van der Waals surface area contributed by atoms with Gasteiger partial charge in [0.15, 0.2) is 10.9 Å². The molecule has 0 aromatic rings. The molecule has 1 aliphatic heterocycles. The van der Waals surface area contributed by atoms with Gasteiger partial charge < -0.3 is 13.9 Å². The molecule has 1 atom stereocenters. The maximum Gasteiger partial charge on any atom is 0.596 e. The van der Waals surface area contributed by atoms with E-state index in [2.05, 4.69) is 0 Å². The van der Waals surface area contributed by atoms with E-state index in [-0.39, 0.29) is 0 Å². The van der Waals surface area contributed by atoms with Crippen molar-refractivity contribution in [3.05, 3.63) is 0 Å². The Bertz CT molecular complexity index is 200. The molecule has 4 nitrogen and oxygen atoms in total. The lowest BCUT2D eigenvalue weighted by atomic mass is 9.90. The predicted molar refractivity (Wildman–Crippen MR) is 46.9 cm³/mol. The standard InChI is InChI=1S/C6H13BO4S/c1-5(2)6(3,4)11-7(10-5)12(8)9/h1-4H3,(H,8,9). The molecule has 12 heavy (non-hydrogen) atoms. The van der Waals surface area contributed by atoms with Crippen LogP contribution in [0, 0.1) is 0 Å². The third-order valence-electron chi connectivity index (χ3n) is 2.40. The summed E-state index contributed by atoms with van der Waals surface area (Å²) in [4.78, 5) is 0. The molecular weight excluding hydrogens is 179 g/mol. The molecule has 0 aromatic carbocycles. The van der Waals surface area contributed by atoms with Gasteiger partial charge in [-0.2, -0.15) is 0 Å². The number of hydrogen-bond acceptors (Lipinski definition) is 3. The van der Waals surface area contributed by atoms with Crippen molar-refractivity contribution in [1.29, 1.82) is 0 Å². The monoisotopic (exact) mass is 192 g/mol. The smallest absolute Gasteiger partial charge is 0.391 e. The quantitative estimate of drug-likeness (QED) is 0.493. The lowest BCUT2D eigenvalue weighted by Crippen LogP contribution is -2.41. The zero-order chi connectivity index (χ0) is 9.57. The molecule has 0 saturated carbocycles. The summed E-state index contributed by atoms with van der Waals surface area (Å²) in [5, 5.41) is 0. The van der Waals surface area contributed by atoms with Crippen molar-refractivity contribution in [3.8, 4) is 0 Å². The number of rotatable bonds is 1. The van der Waals surface area contributed by atoms with Crippen LogP contribution >= 0.6 is 0 Å². The molecule has 0 amide bonds. The first-order chi connectivity index (χ1) is 5.26. The van der Waals surface area contributed by atoms with Crippen molar-refractivity contribution in [2.24, 2.45) is 0 Å². The molecule has 0 spiro atoms. The molecular formula is C6H13BO4S. The molecule has 70 valence electrons. The zero-order valence-corrected chi connectivity index (χ0v) is 8.47. The summed E-state index contributed by atoms with van der Waals surface area (Å²) in [5.74, 6) is 0. The average Bonchev–Trinajstić information content (AvgIpc) is 2.03. The molecule has 1 unspecified atom stereocenters. The van der Waals surface area contributed by atoms with Crippen LogP contribution in [0.4, 0.5) is 0 Å². The van der Waals surface area contributed by atoms with E-state index in [0.717, 1.165) is 0 Å². The minimum Gasteiger partial charge on any atom is -0.391 e. The van der Waals surface area contributed by atoms with Crippen LogP contribution in [0.5, 0.6) is 0 Å². The summed E-state index contributed by atoms with van der Waals surface area (Å²) in [7, 11) is -2.08. The Morgan fingerprint density at radius 2 is 1.50 bits per heavy atom. The van der Waals surface area contributed by atoms with Crippen LogP contribution < -0.4 is 0 Å². The van der Waals surface area contributed by atoms with E-state index >= 15 is 0 Å². The van der Waals surface area contributed by atoms with Crippen molar-refractivity contribution < 1.29 is 18.1 Å². The highest BCUT2D eigenvalue weighted by atomic mass is 32.2. The summed E-state index contributed by atoms with van der Waals surface area (Å²) >= 11 is 0. The van der Waals surface area contributed by atoms with Gasteiger partial charge in [0.2, 0.25) is 0 Å². The Kier molecular flexibility index (Phi) is 2.37. The first-order valence-corrected chi connectivity index (χ1v) is 4.88. The van der Waals surface area contributed by atoms with Crippen molar-refractivity contribution in [2.45, 2.75) is 38.9 Å². The summed E-state index contributed by atoms with van der Waals surface area (Å²) in [6.07, 6.45) is -1.02. The lowest BCUT2D eigenvalue weighted by molar-refractivity contribution is 0.00578. The first kappa shape index (κ1) is 10.2. The second kappa shape index (κ2) is 2.80. The molecule has 1 fully saturated rings. The van der Waals surface area contributed by atoms with Crippen LogP contribution in [0.15, 0.2) is 0 Å². The SMILES string of the molecule is CC1(C)OB(S(=O)O)OC1(C)C. The van der Waals surface area contributed by atoms with E-state index in [1.54, 1.807) is 0 Å². The Morgan fingerprint density at radius 1 is 1.17 bits per heavy atom. The van der Waals surface area contributed by atoms with E-state index in [0.29, 0.717) is 0 Å². The highest BCUT2D eigenvalue weighted by Gasteiger charge is 2.54. The largest absolute Gasteiger partial charge is 0.596 e. The van der Waals surface area contributed by atoms with E-state index in [9.17, 15) is 4.21 Å². The van der Waals surface area contributed by atoms with E-state index in [1.807, 2.05) is 27.7 Å². The molecule has 0 radical (unpaired) electrons. The maximum absolute atomic E-state index is 10.6. The highest BCUT2D eigenvalue weighted by Crippen LogP contribution is 2.37. The Balaban J connectivity index is 2.81. The summed E-state index contributed by atoms with van der Waals surface area (Å²) in [6.45, 7) is 7.33. The van der Waals surface area contributed by atoms with Gasteiger partial charge in [-0.1, -0.05) is 0 Å². The Hall–Kier alpha value is 0.0949. The normalized spacial score (nSPS) is 28.9. The fraction of sp³-hybridized carbons (Fsp3) is 1.00. The van der Waals surface area contributed by atoms with Crippen molar-refractivity contribution in [1.82, 2.24) is 0 Å². The average molecular weight is 192 g/mol. The predicted octanol–water partition coefficient (Wildman–Crippen LogP) is 0.797. The second-order valence-electron chi connectivity index (χ2n) is 3.82. The zero-order valence-electron chi connectivity index (χ0n) is 7.66.